The Morgan fingerprint density at radius 3 is 3.00 bits per heavy atom. The van der Waals surface area contributed by atoms with Crippen molar-refractivity contribution in [1.29, 1.82) is 0 Å². The summed E-state index contributed by atoms with van der Waals surface area (Å²) in [6, 6.07) is 2.10. The molecule has 2 N–H and O–H groups in total. The molecule has 1 aromatic rings. The molecule has 17 heavy (non-hydrogen) atoms. The second kappa shape index (κ2) is 5.17. The van der Waals surface area contributed by atoms with E-state index < -0.39 is 5.97 Å². The van der Waals surface area contributed by atoms with Gasteiger partial charge in [-0.15, -0.1) is 0 Å². The van der Waals surface area contributed by atoms with Gasteiger partial charge in [0.1, 0.15) is 5.56 Å². The van der Waals surface area contributed by atoms with E-state index in [1.807, 2.05) is 0 Å². The van der Waals surface area contributed by atoms with Crippen molar-refractivity contribution in [3.63, 3.8) is 0 Å². The summed E-state index contributed by atoms with van der Waals surface area (Å²) >= 11 is 0. The molecule has 1 fully saturated rings. The van der Waals surface area contributed by atoms with E-state index in [0.29, 0.717) is 11.7 Å². The van der Waals surface area contributed by atoms with Gasteiger partial charge in [-0.05, 0) is 24.8 Å². The number of nitrogens with zero attached hydrogens (tertiary/aromatic N) is 1. The normalized spacial score (nSPS) is 16.5. The standard InChI is InChI=1S/C13H18N2O2/c1-2-10(7-9-3-4-9)15-12-5-6-14-8-11(12)13(16)17/h5-6,8-10H,2-4,7H2,1H3,(H,14,15)(H,16,17). The van der Waals surface area contributed by atoms with Crippen molar-refractivity contribution < 1.29 is 9.90 Å². The van der Waals surface area contributed by atoms with Gasteiger partial charge in [0.25, 0.3) is 0 Å². The van der Waals surface area contributed by atoms with E-state index >= 15 is 0 Å². The summed E-state index contributed by atoms with van der Waals surface area (Å²) in [6.45, 7) is 2.13. The second-order valence-corrected chi connectivity index (χ2v) is 4.65. The fourth-order valence-corrected chi connectivity index (χ4v) is 1.99. The van der Waals surface area contributed by atoms with Crippen LogP contribution in [0.15, 0.2) is 18.5 Å². The first-order valence-corrected chi connectivity index (χ1v) is 6.14. The monoisotopic (exact) mass is 234 g/mol. The van der Waals surface area contributed by atoms with Gasteiger partial charge in [-0.25, -0.2) is 4.79 Å². The molecule has 4 heteroatoms. The lowest BCUT2D eigenvalue weighted by molar-refractivity contribution is 0.0697. The summed E-state index contributed by atoms with van der Waals surface area (Å²) in [6.07, 6.45) is 7.81. The molecule has 1 aliphatic rings. The smallest absolute Gasteiger partial charge is 0.339 e. The van der Waals surface area contributed by atoms with Crippen LogP contribution in [0.4, 0.5) is 5.69 Å². The SMILES string of the molecule is CCC(CC1CC1)Nc1ccncc1C(=O)O. The Morgan fingerprint density at radius 2 is 2.41 bits per heavy atom. The van der Waals surface area contributed by atoms with E-state index in [-0.39, 0.29) is 5.56 Å². The van der Waals surface area contributed by atoms with Crippen LogP contribution in [0.3, 0.4) is 0 Å². The van der Waals surface area contributed by atoms with Gasteiger partial charge in [0.15, 0.2) is 0 Å². The van der Waals surface area contributed by atoms with E-state index in [4.69, 9.17) is 5.11 Å². The van der Waals surface area contributed by atoms with Crippen LogP contribution in [-0.2, 0) is 0 Å². The molecule has 1 heterocycles. The van der Waals surface area contributed by atoms with Crippen LogP contribution in [-0.4, -0.2) is 22.1 Å². The zero-order valence-electron chi connectivity index (χ0n) is 10.0. The highest BCUT2D eigenvalue weighted by Gasteiger charge is 2.25. The average molecular weight is 234 g/mol. The maximum Gasteiger partial charge on any atom is 0.339 e. The Labute approximate surface area is 101 Å². The van der Waals surface area contributed by atoms with Gasteiger partial charge >= 0.3 is 5.97 Å². The minimum atomic E-state index is -0.929. The summed E-state index contributed by atoms with van der Waals surface area (Å²) in [4.78, 5) is 14.9. The van der Waals surface area contributed by atoms with Crippen LogP contribution in [0.2, 0.25) is 0 Å². The number of carboxylic acid groups (broad SMARTS) is 1. The number of aromatic nitrogens is 1. The van der Waals surface area contributed by atoms with Crippen molar-refractivity contribution in [2.24, 2.45) is 5.92 Å². The molecule has 0 radical (unpaired) electrons. The maximum atomic E-state index is 11.0. The summed E-state index contributed by atoms with van der Waals surface area (Å²) in [5.41, 5.74) is 0.932. The van der Waals surface area contributed by atoms with Crippen LogP contribution in [0, 0.1) is 5.92 Å². The Hall–Kier alpha value is -1.58. The van der Waals surface area contributed by atoms with Gasteiger partial charge in [0.2, 0.25) is 0 Å². The van der Waals surface area contributed by atoms with Crippen LogP contribution in [0.25, 0.3) is 0 Å². The number of carboxylic acids is 1. The molecule has 1 atom stereocenters. The van der Waals surface area contributed by atoms with Gasteiger partial charge in [-0.2, -0.15) is 0 Å². The summed E-state index contributed by atoms with van der Waals surface area (Å²) < 4.78 is 0. The lowest BCUT2D eigenvalue weighted by Crippen LogP contribution is -2.20. The molecule has 1 unspecified atom stereocenters. The van der Waals surface area contributed by atoms with Gasteiger partial charge in [0.05, 0.1) is 5.69 Å². The molecule has 0 aliphatic heterocycles. The average Bonchev–Trinajstić information content (AvgIpc) is 3.12. The Balaban J connectivity index is 2.07. The first-order valence-electron chi connectivity index (χ1n) is 6.14. The predicted molar refractivity (Wildman–Crippen MR) is 66.2 cm³/mol. The molecule has 92 valence electrons. The Kier molecular flexibility index (Phi) is 3.61. The van der Waals surface area contributed by atoms with Crippen molar-refractivity contribution in [2.75, 3.05) is 5.32 Å². The maximum absolute atomic E-state index is 11.0. The second-order valence-electron chi connectivity index (χ2n) is 4.65. The number of anilines is 1. The predicted octanol–water partition coefficient (Wildman–Crippen LogP) is 2.77. The summed E-state index contributed by atoms with van der Waals surface area (Å²) in [7, 11) is 0. The lowest BCUT2D eigenvalue weighted by atomic mass is 10.1. The molecule has 4 nitrogen and oxygen atoms in total. The van der Waals surface area contributed by atoms with Gasteiger partial charge in [-0.1, -0.05) is 19.8 Å². The third-order valence-electron chi connectivity index (χ3n) is 3.22. The van der Waals surface area contributed by atoms with E-state index in [1.165, 1.54) is 19.0 Å². The number of carbonyl (C=O) groups is 1. The van der Waals surface area contributed by atoms with E-state index in [1.54, 1.807) is 12.3 Å². The minimum absolute atomic E-state index is 0.252. The summed E-state index contributed by atoms with van der Waals surface area (Å²) in [5, 5.41) is 12.4. The molecule has 0 aromatic carbocycles. The van der Waals surface area contributed by atoms with Crippen molar-refractivity contribution >= 4 is 11.7 Å². The van der Waals surface area contributed by atoms with Crippen molar-refractivity contribution in [3.8, 4) is 0 Å². The van der Waals surface area contributed by atoms with Gasteiger partial charge in [-0.3, -0.25) is 4.98 Å². The van der Waals surface area contributed by atoms with Crippen LogP contribution >= 0.6 is 0 Å². The molecule has 1 saturated carbocycles. The first kappa shape index (κ1) is 11.9. The highest BCUT2D eigenvalue weighted by atomic mass is 16.4. The van der Waals surface area contributed by atoms with Gasteiger partial charge in [0, 0.05) is 18.4 Å². The van der Waals surface area contributed by atoms with Crippen molar-refractivity contribution in [3.05, 3.63) is 24.0 Å². The highest BCUT2D eigenvalue weighted by Crippen LogP contribution is 2.35. The topological polar surface area (TPSA) is 62.2 Å². The molecule has 0 bridgehead atoms. The van der Waals surface area contributed by atoms with Crippen molar-refractivity contribution in [1.82, 2.24) is 4.98 Å². The van der Waals surface area contributed by atoms with Crippen LogP contribution in [0.1, 0.15) is 43.0 Å². The van der Waals surface area contributed by atoms with E-state index in [2.05, 4.69) is 17.2 Å². The number of hydrogen-bond donors (Lipinski definition) is 2. The van der Waals surface area contributed by atoms with E-state index in [9.17, 15) is 4.79 Å². The van der Waals surface area contributed by atoms with Crippen LogP contribution < -0.4 is 5.32 Å². The number of aromatic carboxylic acids is 1. The number of hydrogen-bond acceptors (Lipinski definition) is 3. The van der Waals surface area contributed by atoms with Crippen LogP contribution in [0.5, 0.6) is 0 Å². The molecule has 0 spiro atoms. The number of nitrogens with one attached hydrogen (secondary N) is 1. The molecule has 1 aliphatic carbocycles. The zero-order valence-corrected chi connectivity index (χ0v) is 10.0. The number of rotatable bonds is 6. The zero-order chi connectivity index (χ0) is 12.3. The Morgan fingerprint density at radius 1 is 1.65 bits per heavy atom. The minimum Gasteiger partial charge on any atom is -0.478 e. The molecular weight excluding hydrogens is 216 g/mol. The third-order valence-corrected chi connectivity index (χ3v) is 3.22. The van der Waals surface area contributed by atoms with Gasteiger partial charge < -0.3 is 10.4 Å². The largest absolute Gasteiger partial charge is 0.478 e. The molecule has 0 saturated heterocycles. The first-order chi connectivity index (χ1) is 8.20. The third kappa shape index (κ3) is 3.19. The molecular formula is C13H18N2O2. The number of pyridine rings is 1. The fraction of sp³-hybridized carbons (Fsp3) is 0.538. The Bertz CT molecular complexity index is 402. The summed E-state index contributed by atoms with van der Waals surface area (Å²) in [5.74, 6) is -0.0931. The fourth-order valence-electron chi connectivity index (χ4n) is 1.99. The molecule has 1 aromatic heterocycles. The van der Waals surface area contributed by atoms with Crippen molar-refractivity contribution in [2.45, 2.75) is 38.6 Å². The molecule has 2 rings (SSSR count). The lowest BCUT2D eigenvalue weighted by Gasteiger charge is -2.19. The highest BCUT2D eigenvalue weighted by molar-refractivity contribution is 5.93. The molecule has 0 amide bonds. The van der Waals surface area contributed by atoms with E-state index in [0.717, 1.165) is 18.8 Å². The quantitative estimate of drug-likeness (QED) is 0.794.